The summed E-state index contributed by atoms with van der Waals surface area (Å²) in [6.45, 7) is 8.08. The second-order valence-electron chi connectivity index (χ2n) is 4.45. The van der Waals surface area contributed by atoms with E-state index >= 15 is 0 Å². The topological polar surface area (TPSA) is 41.6 Å². The van der Waals surface area contributed by atoms with E-state index in [1.165, 1.54) is 7.11 Å². The standard InChI is InChI=1S/C11H22N2O2/c1-9(2)8-10(11(14)15-3)13-6-4-12-5-7-13/h9-10,12H,4-8H2,1-3H3. The van der Waals surface area contributed by atoms with E-state index in [4.69, 9.17) is 4.74 Å². The Morgan fingerprint density at radius 2 is 2.00 bits per heavy atom. The lowest BCUT2D eigenvalue weighted by Crippen LogP contribution is -2.51. The summed E-state index contributed by atoms with van der Waals surface area (Å²) in [6, 6.07) is -0.0582. The van der Waals surface area contributed by atoms with Crippen molar-refractivity contribution >= 4 is 5.97 Å². The lowest BCUT2D eigenvalue weighted by Gasteiger charge is -2.33. The highest BCUT2D eigenvalue weighted by Crippen LogP contribution is 2.13. The second kappa shape index (κ2) is 6.08. The Balaban J connectivity index is 2.57. The van der Waals surface area contributed by atoms with Gasteiger partial charge in [-0.3, -0.25) is 9.69 Å². The van der Waals surface area contributed by atoms with E-state index in [0.717, 1.165) is 32.6 Å². The molecule has 1 aliphatic heterocycles. The number of methoxy groups -OCH3 is 1. The smallest absolute Gasteiger partial charge is 0.323 e. The van der Waals surface area contributed by atoms with Crippen molar-refractivity contribution in [2.75, 3.05) is 33.3 Å². The third kappa shape index (κ3) is 3.80. The highest BCUT2D eigenvalue weighted by atomic mass is 16.5. The first kappa shape index (κ1) is 12.5. The normalized spacial score (nSPS) is 20.3. The lowest BCUT2D eigenvalue weighted by atomic mass is 10.0. The van der Waals surface area contributed by atoms with Crippen molar-refractivity contribution in [1.29, 1.82) is 0 Å². The van der Waals surface area contributed by atoms with Crippen LogP contribution in [0.5, 0.6) is 0 Å². The van der Waals surface area contributed by atoms with Gasteiger partial charge in [-0.05, 0) is 12.3 Å². The van der Waals surface area contributed by atoms with Crippen LogP contribution in [0.25, 0.3) is 0 Å². The molecule has 0 spiro atoms. The highest BCUT2D eigenvalue weighted by Gasteiger charge is 2.28. The number of carbonyl (C=O) groups excluding carboxylic acids is 1. The molecule has 4 nitrogen and oxygen atoms in total. The van der Waals surface area contributed by atoms with Crippen LogP contribution in [0.1, 0.15) is 20.3 Å². The molecule has 1 aliphatic rings. The predicted molar refractivity (Wildman–Crippen MR) is 59.7 cm³/mol. The number of nitrogens with zero attached hydrogens (tertiary/aromatic N) is 1. The summed E-state index contributed by atoms with van der Waals surface area (Å²) in [6.07, 6.45) is 0.882. The highest BCUT2D eigenvalue weighted by molar-refractivity contribution is 5.75. The van der Waals surface area contributed by atoms with Crippen molar-refractivity contribution in [3.63, 3.8) is 0 Å². The zero-order chi connectivity index (χ0) is 11.3. The number of hydrogen-bond acceptors (Lipinski definition) is 4. The van der Waals surface area contributed by atoms with Gasteiger partial charge in [-0.2, -0.15) is 0 Å². The average molecular weight is 214 g/mol. The molecule has 4 heteroatoms. The molecular weight excluding hydrogens is 192 g/mol. The maximum atomic E-state index is 11.7. The van der Waals surface area contributed by atoms with E-state index in [2.05, 4.69) is 24.1 Å². The summed E-state index contributed by atoms with van der Waals surface area (Å²) in [7, 11) is 1.47. The van der Waals surface area contributed by atoms with Gasteiger partial charge in [0.05, 0.1) is 7.11 Å². The number of piperazine rings is 1. The Morgan fingerprint density at radius 3 is 2.47 bits per heavy atom. The monoisotopic (exact) mass is 214 g/mol. The van der Waals surface area contributed by atoms with Crippen molar-refractivity contribution in [1.82, 2.24) is 10.2 Å². The van der Waals surface area contributed by atoms with E-state index in [0.29, 0.717) is 5.92 Å². The van der Waals surface area contributed by atoms with Crippen LogP contribution in [0.3, 0.4) is 0 Å². The molecule has 1 fully saturated rings. The fraction of sp³-hybridized carbons (Fsp3) is 0.909. The maximum absolute atomic E-state index is 11.7. The molecule has 1 saturated heterocycles. The molecule has 0 saturated carbocycles. The number of nitrogens with one attached hydrogen (secondary N) is 1. The van der Waals surface area contributed by atoms with Crippen LogP contribution in [0.15, 0.2) is 0 Å². The zero-order valence-corrected chi connectivity index (χ0v) is 9.95. The Kier molecular flexibility index (Phi) is 5.05. The summed E-state index contributed by atoms with van der Waals surface area (Å²) < 4.78 is 4.87. The Bertz CT molecular complexity index is 201. The van der Waals surface area contributed by atoms with E-state index in [-0.39, 0.29) is 12.0 Å². The Morgan fingerprint density at radius 1 is 1.40 bits per heavy atom. The predicted octanol–water partition coefficient (Wildman–Crippen LogP) is 0.479. The van der Waals surface area contributed by atoms with E-state index in [1.54, 1.807) is 0 Å². The van der Waals surface area contributed by atoms with Gasteiger partial charge in [0.1, 0.15) is 6.04 Å². The van der Waals surface area contributed by atoms with Crippen LogP contribution in [-0.2, 0) is 9.53 Å². The number of rotatable bonds is 4. The third-order valence-corrected chi connectivity index (χ3v) is 2.76. The molecule has 0 aromatic heterocycles. The van der Waals surface area contributed by atoms with Crippen molar-refractivity contribution in [3.05, 3.63) is 0 Å². The molecule has 0 bridgehead atoms. The van der Waals surface area contributed by atoms with Gasteiger partial charge >= 0.3 is 5.97 Å². The molecule has 0 amide bonds. The minimum Gasteiger partial charge on any atom is -0.468 e. The molecular formula is C11H22N2O2. The van der Waals surface area contributed by atoms with Gasteiger partial charge in [0.25, 0.3) is 0 Å². The van der Waals surface area contributed by atoms with Gasteiger partial charge < -0.3 is 10.1 Å². The number of esters is 1. The van der Waals surface area contributed by atoms with Crippen LogP contribution in [0.2, 0.25) is 0 Å². The SMILES string of the molecule is COC(=O)C(CC(C)C)N1CCNCC1. The fourth-order valence-corrected chi connectivity index (χ4v) is 1.97. The van der Waals surface area contributed by atoms with Gasteiger partial charge in [0.15, 0.2) is 0 Å². The molecule has 15 heavy (non-hydrogen) atoms. The molecule has 1 rings (SSSR count). The molecule has 0 aromatic carbocycles. The van der Waals surface area contributed by atoms with Crippen molar-refractivity contribution in [3.8, 4) is 0 Å². The molecule has 0 aromatic rings. The van der Waals surface area contributed by atoms with E-state index < -0.39 is 0 Å². The number of ether oxygens (including phenoxy) is 1. The number of hydrogen-bond donors (Lipinski definition) is 1. The van der Waals surface area contributed by atoms with E-state index in [1.807, 2.05) is 0 Å². The molecule has 88 valence electrons. The zero-order valence-electron chi connectivity index (χ0n) is 9.95. The minimum atomic E-state index is -0.0920. The van der Waals surface area contributed by atoms with Crippen LogP contribution >= 0.6 is 0 Å². The molecule has 0 radical (unpaired) electrons. The van der Waals surface area contributed by atoms with Crippen molar-refractivity contribution in [2.24, 2.45) is 5.92 Å². The minimum absolute atomic E-state index is 0.0582. The van der Waals surface area contributed by atoms with Crippen LogP contribution in [0.4, 0.5) is 0 Å². The van der Waals surface area contributed by atoms with Crippen molar-refractivity contribution < 1.29 is 9.53 Å². The molecule has 0 aliphatic carbocycles. The van der Waals surface area contributed by atoms with Gasteiger partial charge in [-0.25, -0.2) is 0 Å². The maximum Gasteiger partial charge on any atom is 0.323 e. The van der Waals surface area contributed by atoms with Crippen LogP contribution < -0.4 is 5.32 Å². The number of carbonyl (C=O) groups is 1. The molecule has 1 atom stereocenters. The molecule has 1 unspecified atom stereocenters. The molecule has 1 heterocycles. The van der Waals surface area contributed by atoms with Gasteiger partial charge in [0, 0.05) is 26.2 Å². The second-order valence-corrected chi connectivity index (χ2v) is 4.45. The Hall–Kier alpha value is -0.610. The first-order valence-electron chi connectivity index (χ1n) is 5.67. The average Bonchev–Trinajstić information content (AvgIpc) is 2.26. The summed E-state index contributed by atoms with van der Waals surface area (Å²) >= 11 is 0. The largest absolute Gasteiger partial charge is 0.468 e. The van der Waals surface area contributed by atoms with Crippen LogP contribution in [-0.4, -0.2) is 50.2 Å². The first-order valence-corrected chi connectivity index (χ1v) is 5.67. The third-order valence-electron chi connectivity index (χ3n) is 2.76. The fourth-order valence-electron chi connectivity index (χ4n) is 1.97. The molecule has 1 N–H and O–H groups in total. The van der Waals surface area contributed by atoms with E-state index in [9.17, 15) is 4.79 Å². The summed E-state index contributed by atoms with van der Waals surface area (Å²) in [5.74, 6) is 0.426. The Labute approximate surface area is 92.0 Å². The van der Waals surface area contributed by atoms with Crippen molar-refractivity contribution in [2.45, 2.75) is 26.3 Å². The van der Waals surface area contributed by atoms with Gasteiger partial charge in [-0.1, -0.05) is 13.8 Å². The summed E-state index contributed by atoms with van der Waals surface area (Å²) in [5, 5.41) is 3.29. The van der Waals surface area contributed by atoms with Gasteiger partial charge in [0.2, 0.25) is 0 Å². The quantitative estimate of drug-likeness (QED) is 0.691. The van der Waals surface area contributed by atoms with Crippen LogP contribution in [0, 0.1) is 5.92 Å². The van der Waals surface area contributed by atoms with Gasteiger partial charge in [-0.15, -0.1) is 0 Å². The summed E-state index contributed by atoms with van der Waals surface area (Å²) in [4.78, 5) is 13.9. The first-order chi connectivity index (χ1) is 7.15. The summed E-state index contributed by atoms with van der Waals surface area (Å²) in [5.41, 5.74) is 0. The lowest BCUT2D eigenvalue weighted by molar-refractivity contribution is -0.148.